The van der Waals surface area contributed by atoms with Crippen LogP contribution >= 0.6 is 24.0 Å². The molecule has 5 nitrogen and oxygen atoms in total. The minimum atomic E-state index is -0.195. The largest absolute Gasteiger partial charge is 0.469 e. The van der Waals surface area contributed by atoms with Gasteiger partial charge in [-0.25, -0.2) is 0 Å². The van der Waals surface area contributed by atoms with Gasteiger partial charge in [-0.15, -0.1) is 24.0 Å². The summed E-state index contributed by atoms with van der Waals surface area (Å²) in [5, 5.41) is 0. The van der Waals surface area contributed by atoms with Crippen LogP contribution in [0.25, 0.3) is 0 Å². The monoisotopic (exact) mass is 341 g/mol. The summed E-state index contributed by atoms with van der Waals surface area (Å²) in [6, 6.07) is 0.578. The Hall–Kier alpha value is -0.530. The van der Waals surface area contributed by atoms with Gasteiger partial charge in [0.1, 0.15) is 0 Å². The Morgan fingerprint density at radius 2 is 2.19 bits per heavy atom. The van der Waals surface area contributed by atoms with E-state index >= 15 is 0 Å². The van der Waals surface area contributed by atoms with Crippen molar-refractivity contribution in [2.45, 2.75) is 31.7 Å². The maximum Gasteiger partial charge on any atom is 0.305 e. The fourth-order valence-corrected chi connectivity index (χ4v) is 1.28. The van der Waals surface area contributed by atoms with Crippen LogP contribution in [0.3, 0.4) is 0 Å². The van der Waals surface area contributed by atoms with Gasteiger partial charge in [0.25, 0.3) is 0 Å². The molecule has 94 valence electrons. The molecule has 0 atom stereocenters. The summed E-state index contributed by atoms with van der Waals surface area (Å²) in [4.78, 5) is 17.0. The van der Waals surface area contributed by atoms with Crippen molar-refractivity contribution in [3.63, 3.8) is 0 Å². The van der Waals surface area contributed by atoms with Gasteiger partial charge in [-0.2, -0.15) is 0 Å². The molecule has 1 saturated carbocycles. The van der Waals surface area contributed by atoms with Crippen molar-refractivity contribution in [1.82, 2.24) is 4.90 Å². The molecule has 0 unspecified atom stereocenters. The molecule has 1 fully saturated rings. The number of carbonyl (C=O) groups is 1. The van der Waals surface area contributed by atoms with Crippen molar-refractivity contribution in [3.8, 4) is 0 Å². The lowest BCUT2D eigenvalue weighted by Gasteiger charge is -2.16. The van der Waals surface area contributed by atoms with Crippen LogP contribution in [0.2, 0.25) is 0 Å². The zero-order valence-corrected chi connectivity index (χ0v) is 12.1. The number of methoxy groups -OCH3 is 1. The Bertz CT molecular complexity index is 254. The van der Waals surface area contributed by atoms with Crippen LogP contribution in [-0.4, -0.2) is 43.6 Å². The molecule has 0 amide bonds. The predicted molar refractivity (Wildman–Crippen MR) is 73.9 cm³/mol. The Labute approximate surface area is 113 Å². The zero-order chi connectivity index (χ0) is 11.3. The fraction of sp³-hybridized carbons (Fsp3) is 0.800. The third-order valence-electron chi connectivity index (χ3n) is 2.50. The molecule has 2 N–H and O–H groups in total. The number of carbonyl (C=O) groups excluding carboxylic acids is 1. The van der Waals surface area contributed by atoms with E-state index in [1.807, 2.05) is 11.9 Å². The normalized spacial score (nSPS) is 15.2. The molecule has 16 heavy (non-hydrogen) atoms. The minimum Gasteiger partial charge on any atom is -0.469 e. The highest BCUT2D eigenvalue weighted by molar-refractivity contribution is 14.0. The molecule has 0 spiro atoms. The lowest BCUT2D eigenvalue weighted by atomic mass is 10.3. The molecule has 0 aliphatic heterocycles. The average molecular weight is 341 g/mol. The van der Waals surface area contributed by atoms with Gasteiger partial charge in [-0.05, 0) is 19.3 Å². The van der Waals surface area contributed by atoms with E-state index in [-0.39, 0.29) is 29.9 Å². The molecule has 1 aliphatic carbocycles. The van der Waals surface area contributed by atoms with Crippen molar-refractivity contribution >= 4 is 35.9 Å². The number of aliphatic imine (C=N–C) groups is 1. The van der Waals surface area contributed by atoms with Gasteiger partial charge in [0, 0.05) is 26.1 Å². The highest BCUT2D eigenvalue weighted by Crippen LogP contribution is 2.24. The van der Waals surface area contributed by atoms with E-state index < -0.39 is 0 Å². The summed E-state index contributed by atoms with van der Waals surface area (Å²) >= 11 is 0. The second kappa shape index (κ2) is 7.70. The first kappa shape index (κ1) is 15.5. The van der Waals surface area contributed by atoms with E-state index in [4.69, 9.17) is 5.73 Å². The number of ether oxygens (including phenoxy) is 1. The number of nitrogens with two attached hydrogens (primary N) is 1. The van der Waals surface area contributed by atoms with E-state index in [9.17, 15) is 4.79 Å². The summed E-state index contributed by atoms with van der Waals surface area (Å²) in [5.41, 5.74) is 5.77. The van der Waals surface area contributed by atoms with Crippen molar-refractivity contribution in [2.75, 3.05) is 20.7 Å². The van der Waals surface area contributed by atoms with E-state index in [2.05, 4.69) is 9.73 Å². The number of halogens is 1. The molecule has 0 bridgehead atoms. The Morgan fingerprint density at radius 1 is 1.56 bits per heavy atom. The molecule has 6 heteroatoms. The minimum absolute atomic E-state index is 0. The quantitative estimate of drug-likeness (QED) is 0.266. The summed E-state index contributed by atoms with van der Waals surface area (Å²) in [7, 11) is 3.34. The van der Waals surface area contributed by atoms with Crippen LogP contribution in [0, 0.1) is 0 Å². The first-order valence-corrected chi connectivity index (χ1v) is 5.24. The van der Waals surface area contributed by atoms with Crippen LogP contribution in [0.5, 0.6) is 0 Å². The van der Waals surface area contributed by atoms with E-state index in [1.54, 1.807) is 0 Å². The standard InChI is InChI=1S/C10H19N3O2.HI/c1-13(8-5-6-8)10(11)12-7-3-4-9(14)15-2;/h8H,3-7H2,1-2H3,(H2,11,12);1H. The maximum absolute atomic E-state index is 10.8. The number of hydrogen-bond acceptors (Lipinski definition) is 3. The van der Waals surface area contributed by atoms with Gasteiger partial charge in [0.05, 0.1) is 7.11 Å². The molecule has 1 aliphatic rings. The Kier molecular flexibility index (Phi) is 7.44. The number of rotatable bonds is 5. The SMILES string of the molecule is COC(=O)CCCN=C(N)N(C)C1CC1.I. The van der Waals surface area contributed by atoms with Crippen molar-refractivity contribution in [2.24, 2.45) is 10.7 Å². The third-order valence-corrected chi connectivity index (χ3v) is 2.50. The third kappa shape index (κ3) is 5.53. The first-order valence-electron chi connectivity index (χ1n) is 5.24. The smallest absolute Gasteiger partial charge is 0.305 e. The maximum atomic E-state index is 10.8. The van der Waals surface area contributed by atoms with Gasteiger partial charge in [0.2, 0.25) is 0 Å². The molecule has 0 saturated heterocycles. The molecule has 0 radical (unpaired) electrons. The topological polar surface area (TPSA) is 67.9 Å². The van der Waals surface area contributed by atoms with Crippen LogP contribution in [0.15, 0.2) is 4.99 Å². The molecular weight excluding hydrogens is 321 g/mol. The predicted octanol–water partition coefficient (Wildman–Crippen LogP) is 0.966. The van der Waals surface area contributed by atoms with Crippen LogP contribution in [0.4, 0.5) is 0 Å². The van der Waals surface area contributed by atoms with Crippen molar-refractivity contribution in [3.05, 3.63) is 0 Å². The molecule has 0 aromatic heterocycles. The highest BCUT2D eigenvalue weighted by Gasteiger charge is 2.27. The van der Waals surface area contributed by atoms with Gasteiger partial charge in [-0.1, -0.05) is 0 Å². The van der Waals surface area contributed by atoms with Gasteiger partial charge in [-0.3, -0.25) is 9.79 Å². The van der Waals surface area contributed by atoms with Crippen LogP contribution in [-0.2, 0) is 9.53 Å². The second-order valence-electron chi connectivity index (χ2n) is 3.76. The Balaban J connectivity index is 0.00000225. The summed E-state index contributed by atoms with van der Waals surface area (Å²) in [6.45, 7) is 0.581. The molecular formula is C10H20IN3O2. The van der Waals surface area contributed by atoms with Crippen LogP contribution in [0.1, 0.15) is 25.7 Å². The number of hydrogen-bond donors (Lipinski definition) is 1. The summed E-state index contributed by atoms with van der Waals surface area (Å²) in [5.74, 6) is 0.377. The van der Waals surface area contributed by atoms with Crippen molar-refractivity contribution in [1.29, 1.82) is 0 Å². The van der Waals surface area contributed by atoms with Crippen LogP contribution < -0.4 is 5.73 Å². The number of nitrogens with zero attached hydrogens (tertiary/aromatic N) is 2. The average Bonchev–Trinajstić information content (AvgIpc) is 3.06. The molecule has 0 aromatic rings. The molecule has 0 heterocycles. The van der Waals surface area contributed by atoms with E-state index in [0.717, 1.165) is 0 Å². The number of guanidine groups is 1. The van der Waals surface area contributed by atoms with E-state index in [0.29, 0.717) is 31.4 Å². The summed E-state index contributed by atoms with van der Waals surface area (Å²) in [6.07, 6.45) is 3.50. The lowest BCUT2D eigenvalue weighted by Crippen LogP contribution is -2.35. The number of esters is 1. The first-order chi connectivity index (χ1) is 7.15. The zero-order valence-electron chi connectivity index (χ0n) is 9.81. The lowest BCUT2D eigenvalue weighted by molar-refractivity contribution is -0.140. The second-order valence-corrected chi connectivity index (χ2v) is 3.76. The van der Waals surface area contributed by atoms with E-state index in [1.165, 1.54) is 20.0 Å². The molecule has 0 aromatic carbocycles. The Morgan fingerprint density at radius 3 is 2.69 bits per heavy atom. The summed E-state index contributed by atoms with van der Waals surface area (Å²) < 4.78 is 4.52. The van der Waals surface area contributed by atoms with Gasteiger partial charge >= 0.3 is 5.97 Å². The van der Waals surface area contributed by atoms with Gasteiger partial charge < -0.3 is 15.4 Å². The fourth-order valence-electron chi connectivity index (χ4n) is 1.28. The molecule has 1 rings (SSSR count). The van der Waals surface area contributed by atoms with Gasteiger partial charge in [0.15, 0.2) is 5.96 Å². The van der Waals surface area contributed by atoms with Crippen molar-refractivity contribution < 1.29 is 9.53 Å². The highest BCUT2D eigenvalue weighted by atomic mass is 127.